The summed E-state index contributed by atoms with van der Waals surface area (Å²) in [5.74, 6) is -1.14. The number of primary amides is 1. The van der Waals surface area contributed by atoms with Gasteiger partial charge in [0.1, 0.15) is 0 Å². The number of carbonyl (C=O) groups excluding carboxylic acids is 2. The average Bonchev–Trinajstić information content (AvgIpc) is 2.30. The van der Waals surface area contributed by atoms with Crippen LogP contribution in [0.25, 0.3) is 0 Å². The fraction of sp³-hybridized carbons (Fsp3) is 0. The minimum atomic E-state index is -2.80. The van der Waals surface area contributed by atoms with Crippen LogP contribution < -0.4 is 5.73 Å². The fourth-order valence-electron chi connectivity index (χ4n) is 0.508. The van der Waals surface area contributed by atoms with Crippen LogP contribution in [-0.4, -0.2) is 30.4 Å². The van der Waals surface area contributed by atoms with E-state index in [2.05, 4.69) is 16.1 Å². The van der Waals surface area contributed by atoms with Gasteiger partial charge in [0.2, 0.25) is 10.3 Å². The summed E-state index contributed by atoms with van der Waals surface area (Å²) in [7, 11) is -2.80. The first kappa shape index (κ1) is 8.33. The topological polar surface area (TPSA) is 122 Å². The van der Waals surface area contributed by atoms with Gasteiger partial charge in [0, 0.05) is 0 Å². The fourth-order valence-corrected chi connectivity index (χ4v) is 0.840. The molecule has 0 bridgehead atoms. The predicted octanol–water partition coefficient (Wildman–Crippen LogP) is -1.72. The van der Waals surface area contributed by atoms with E-state index in [1.807, 2.05) is 0 Å². The normalized spacial score (nSPS) is 15.5. The van der Waals surface area contributed by atoms with Crippen molar-refractivity contribution in [2.24, 2.45) is 16.1 Å². The van der Waals surface area contributed by atoms with Gasteiger partial charge in [-0.2, -0.15) is 8.42 Å². The second kappa shape index (κ2) is 2.70. The summed E-state index contributed by atoms with van der Waals surface area (Å²) in [6.45, 7) is 0. The summed E-state index contributed by atoms with van der Waals surface area (Å²) in [6, 6.07) is -1.18. The Labute approximate surface area is 67.2 Å². The first-order valence-electron chi connectivity index (χ1n) is 2.56. The number of urea groups is 1. The van der Waals surface area contributed by atoms with E-state index in [9.17, 15) is 18.0 Å². The Morgan fingerprint density at radius 1 is 1.50 bits per heavy atom. The predicted molar refractivity (Wildman–Crippen MR) is 35.2 cm³/mol. The van der Waals surface area contributed by atoms with Crippen LogP contribution in [0.4, 0.5) is 4.79 Å². The van der Waals surface area contributed by atoms with E-state index < -0.39 is 27.2 Å². The third-order valence-electron chi connectivity index (χ3n) is 0.967. The van der Waals surface area contributed by atoms with Gasteiger partial charge >= 0.3 is 11.9 Å². The largest absolute Gasteiger partial charge is 0.350 e. The van der Waals surface area contributed by atoms with E-state index in [-0.39, 0.29) is 5.01 Å². The number of nitrogens with zero attached hydrogens (tertiary/aromatic N) is 3. The standard InChI is InChI=1S/C3H2N4O4S/c4-3(9)7-2(8)1(5-6-7)12(10)11/h(H2,4,9). The molecule has 8 nitrogen and oxygen atoms in total. The number of amides is 3. The van der Waals surface area contributed by atoms with E-state index in [1.165, 1.54) is 0 Å². The van der Waals surface area contributed by atoms with Crippen LogP contribution >= 0.6 is 0 Å². The van der Waals surface area contributed by atoms with Gasteiger partial charge in [-0.15, -0.1) is 10.1 Å². The van der Waals surface area contributed by atoms with E-state index in [0.717, 1.165) is 0 Å². The summed E-state index contributed by atoms with van der Waals surface area (Å²) >= 11 is 0. The van der Waals surface area contributed by atoms with Crippen molar-refractivity contribution in [3.05, 3.63) is 0 Å². The van der Waals surface area contributed by atoms with Gasteiger partial charge in [0.05, 0.1) is 0 Å². The molecule has 1 heterocycles. The maximum Gasteiger partial charge on any atom is 0.344 e. The third kappa shape index (κ3) is 1.16. The van der Waals surface area contributed by atoms with E-state index in [0.29, 0.717) is 0 Å². The Hall–Kier alpha value is -1.77. The molecule has 0 aliphatic carbocycles. The minimum Gasteiger partial charge on any atom is -0.350 e. The SMILES string of the molecule is NC(=O)N1N=NC(=S(=O)=O)C1=O. The second-order valence-corrected chi connectivity index (χ2v) is 2.54. The van der Waals surface area contributed by atoms with Crippen molar-refractivity contribution in [2.45, 2.75) is 0 Å². The molecule has 1 rings (SSSR count). The molecule has 0 aromatic rings. The molecule has 0 fully saturated rings. The van der Waals surface area contributed by atoms with Crippen LogP contribution in [-0.2, 0) is 15.1 Å². The molecule has 1 aliphatic heterocycles. The van der Waals surface area contributed by atoms with Crippen molar-refractivity contribution >= 4 is 27.2 Å². The summed E-state index contributed by atoms with van der Waals surface area (Å²) in [6.07, 6.45) is 0. The van der Waals surface area contributed by atoms with Gasteiger partial charge < -0.3 is 5.73 Å². The van der Waals surface area contributed by atoms with Gasteiger partial charge in [-0.1, -0.05) is 5.22 Å². The van der Waals surface area contributed by atoms with Crippen molar-refractivity contribution in [2.75, 3.05) is 0 Å². The van der Waals surface area contributed by atoms with Gasteiger partial charge in [0.25, 0.3) is 4.99 Å². The van der Waals surface area contributed by atoms with Crippen molar-refractivity contribution in [1.29, 1.82) is 0 Å². The zero-order chi connectivity index (χ0) is 9.30. The van der Waals surface area contributed by atoms with Crippen LogP contribution in [0.5, 0.6) is 0 Å². The Morgan fingerprint density at radius 3 is 2.33 bits per heavy atom. The van der Waals surface area contributed by atoms with E-state index in [4.69, 9.17) is 0 Å². The third-order valence-corrected chi connectivity index (χ3v) is 1.54. The number of hydrogen-bond acceptors (Lipinski definition) is 5. The van der Waals surface area contributed by atoms with E-state index in [1.54, 1.807) is 0 Å². The maximum absolute atomic E-state index is 10.8. The highest BCUT2D eigenvalue weighted by molar-refractivity contribution is 7.74. The van der Waals surface area contributed by atoms with Crippen LogP contribution in [0.3, 0.4) is 0 Å². The van der Waals surface area contributed by atoms with Crippen LogP contribution in [0.15, 0.2) is 10.3 Å². The molecule has 0 aromatic heterocycles. The highest BCUT2D eigenvalue weighted by Gasteiger charge is 2.31. The lowest BCUT2D eigenvalue weighted by Gasteiger charge is -1.99. The minimum absolute atomic E-state index is 0.158. The van der Waals surface area contributed by atoms with Crippen LogP contribution in [0, 0.1) is 0 Å². The second-order valence-electron chi connectivity index (χ2n) is 1.68. The average molecular weight is 190 g/mol. The number of imide groups is 1. The number of nitrogens with two attached hydrogens (primary N) is 1. The maximum atomic E-state index is 10.8. The van der Waals surface area contributed by atoms with Crippen molar-refractivity contribution in [3.8, 4) is 0 Å². The molecule has 9 heteroatoms. The summed E-state index contributed by atoms with van der Waals surface area (Å²) < 4.78 is 20.4. The molecule has 2 N–H and O–H groups in total. The highest BCUT2D eigenvalue weighted by Crippen LogP contribution is 2.03. The monoisotopic (exact) mass is 190 g/mol. The number of hydrogen-bond donors (Lipinski definition) is 1. The molecule has 3 amide bonds. The van der Waals surface area contributed by atoms with Gasteiger partial charge in [-0.25, -0.2) is 4.79 Å². The van der Waals surface area contributed by atoms with Crippen molar-refractivity contribution in [1.82, 2.24) is 5.01 Å². The molecular formula is C3H2N4O4S. The highest BCUT2D eigenvalue weighted by atomic mass is 32.2. The Balaban J connectivity index is 3.15. The quantitative estimate of drug-likeness (QED) is 0.456. The molecule has 64 valence electrons. The van der Waals surface area contributed by atoms with Crippen molar-refractivity contribution < 1.29 is 18.0 Å². The number of carbonyl (C=O) groups is 2. The molecule has 12 heavy (non-hydrogen) atoms. The molecule has 0 spiro atoms. The summed E-state index contributed by atoms with van der Waals surface area (Å²) in [5, 5.41) is 6.00. The zero-order valence-corrected chi connectivity index (χ0v) is 6.28. The van der Waals surface area contributed by atoms with Gasteiger partial charge in [0.15, 0.2) is 0 Å². The molecule has 0 atom stereocenters. The summed E-state index contributed by atoms with van der Waals surface area (Å²) in [4.78, 5) is 20.3. The molecule has 1 aliphatic rings. The molecule has 0 aromatic carbocycles. The molecule has 0 saturated carbocycles. The molecule has 0 unspecified atom stereocenters. The van der Waals surface area contributed by atoms with Crippen LogP contribution in [0.1, 0.15) is 0 Å². The lowest BCUT2D eigenvalue weighted by Crippen LogP contribution is -2.36. The molecule has 0 saturated heterocycles. The zero-order valence-electron chi connectivity index (χ0n) is 5.46. The lowest BCUT2D eigenvalue weighted by molar-refractivity contribution is -0.120. The summed E-state index contributed by atoms with van der Waals surface area (Å²) in [5.41, 5.74) is 4.65. The first-order chi connectivity index (χ1) is 5.54. The Bertz CT molecular complexity index is 398. The molecular weight excluding hydrogens is 188 g/mol. The first-order valence-corrected chi connectivity index (χ1v) is 3.63. The lowest BCUT2D eigenvalue weighted by atomic mass is 10.6. The Kier molecular flexibility index (Phi) is 1.87. The number of rotatable bonds is 0. The van der Waals surface area contributed by atoms with E-state index >= 15 is 0 Å². The van der Waals surface area contributed by atoms with Gasteiger partial charge in [-0.05, 0) is 0 Å². The van der Waals surface area contributed by atoms with Crippen molar-refractivity contribution in [3.63, 3.8) is 0 Å². The van der Waals surface area contributed by atoms with Crippen LogP contribution in [0.2, 0.25) is 0 Å². The molecule has 0 radical (unpaired) electrons. The van der Waals surface area contributed by atoms with Gasteiger partial charge in [-0.3, -0.25) is 4.79 Å². The Morgan fingerprint density at radius 2 is 2.08 bits per heavy atom. The smallest absolute Gasteiger partial charge is 0.344 e.